The van der Waals surface area contributed by atoms with Crippen LogP contribution in [-0.4, -0.2) is 35.2 Å². The highest BCUT2D eigenvalue weighted by molar-refractivity contribution is 7.92. The van der Waals surface area contributed by atoms with Gasteiger partial charge in [-0.1, -0.05) is 0 Å². The lowest BCUT2D eigenvalue weighted by Crippen LogP contribution is -2.29. The van der Waals surface area contributed by atoms with Gasteiger partial charge < -0.3 is 14.4 Å². The molecule has 3 rings (SSSR count). The third kappa shape index (κ3) is 3.41. The lowest BCUT2D eigenvalue weighted by atomic mass is 10.2. The maximum atomic E-state index is 12.6. The molecule has 0 bridgehead atoms. The van der Waals surface area contributed by atoms with E-state index in [4.69, 9.17) is 9.47 Å². The molecule has 0 saturated heterocycles. The van der Waals surface area contributed by atoms with Crippen LogP contribution in [0.2, 0.25) is 0 Å². The SMILES string of the molecule is CCOc1ccc(NS(=O)(=O)c2ccc3c(c2)OCCN3C)cc1. The fourth-order valence-electron chi connectivity index (χ4n) is 2.51. The molecule has 0 aromatic heterocycles. The molecule has 24 heavy (non-hydrogen) atoms. The van der Waals surface area contributed by atoms with E-state index in [0.29, 0.717) is 30.4 Å². The van der Waals surface area contributed by atoms with Gasteiger partial charge in [-0.2, -0.15) is 0 Å². The van der Waals surface area contributed by atoms with Gasteiger partial charge in [-0.25, -0.2) is 8.42 Å². The third-order valence-electron chi connectivity index (χ3n) is 3.75. The van der Waals surface area contributed by atoms with E-state index in [1.165, 1.54) is 0 Å². The van der Waals surface area contributed by atoms with Crippen LogP contribution in [0.3, 0.4) is 0 Å². The Balaban J connectivity index is 1.82. The van der Waals surface area contributed by atoms with E-state index in [9.17, 15) is 8.42 Å². The summed E-state index contributed by atoms with van der Waals surface area (Å²) in [5, 5.41) is 0. The second-order valence-corrected chi connectivity index (χ2v) is 7.14. The van der Waals surface area contributed by atoms with Crippen LogP contribution in [0.5, 0.6) is 11.5 Å². The standard InChI is InChI=1S/C17H20N2O4S/c1-3-22-14-6-4-13(5-7-14)18-24(20,21)15-8-9-16-17(12-15)23-11-10-19(16)2/h4-9,12,18H,3,10-11H2,1-2H3. The number of anilines is 2. The van der Waals surface area contributed by atoms with Crippen LogP contribution in [0.4, 0.5) is 11.4 Å². The van der Waals surface area contributed by atoms with Gasteiger partial charge in [-0.3, -0.25) is 4.72 Å². The lowest BCUT2D eigenvalue weighted by molar-refractivity contribution is 0.310. The third-order valence-corrected chi connectivity index (χ3v) is 5.13. The van der Waals surface area contributed by atoms with Crippen LogP contribution in [-0.2, 0) is 10.0 Å². The quantitative estimate of drug-likeness (QED) is 0.900. The summed E-state index contributed by atoms with van der Waals surface area (Å²) in [6.07, 6.45) is 0. The van der Waals surface area contributed by atoms with Crippen molar-refractivity contribution in [2.24, 2.45) is 0 Å². The van der Waals surface area contributed by atoms with Crippen molar-refractivity contribution in [3.63, 3.8) is 0 Å². The molecular weight excluding hydrogens is 328 g/mol. The van der Waals surface area contributed by atoms with E-state index in [1.54, 1.807) is 42.5 Å². The Kier molecular flexibility index (Phi) is 4.53. The predicted octanol–water partition coefficient (Wildman–Crippen LogP) is 2.71. The summed E-state index contributed by atoms with van der Waals surface area (Å²) < 4.78 is 38.6. The maximum absolute atomic E-state index is 12.6. The van der Waals surface area contributed by atoms with Crippen LogP contribution >= 0.6 is 0 Å². The molecule has 0 amide bonds. The molecule has 0 fully saturated rings. The van der Waals surface area contributed by atoms with Crippen molar-refractivity contribution in [3.05, 3.63) is 42.5 Å². The molecule has 0 spiro atoms. The second kappa shape index (κ2) is 6.60. The zero-order valence-corrected chi connectivity index (χ0v) is 14.5. The Morgan fingerprint density at radius 1 is 1.21 bits per heavy atom. The summed E-state index contributed by atoms with van der Waals surface area (Å²) in [7, 11) is -1.73. The monoisotopic (exact) mass is 348 g/mol. The Labute approximate surface area is 142 Å². The van der Waals surface area contributed by atoms with Crippen molar-refractivity contribution in [1.82, 2.24) is 0 Å². The number of nitrogens with one attached hydrogen (secondary N) is 1. The number of ether oxygens (including phenoxy) is 2. The van der Waals surface area contributed by atoms with E-state index in [2.05, 4.69) is 4.72 Å². The van der Waals surface area contributed by atoms with Crippen molar-refractivity contribution in [2.45, 2.75) is 11.8 Å². The van der Waals surface area contributed by atoms with Crippen molar-refractivity contribution >= 4 is 21.4 Å². The first-order valence-electron chi connectivity index (χ1n) is 7.73. The number of likely N-dealkylation sites (N-methyl/N-ethyl adjacent to an activating group) is 1. The molecule has 6 nitrogen and oxygen atoms in total. The van der Waals surface area contributed by atoms with E-state index >= 15 is 0 Å². The lowest BCUT2D eigenvalue weighted by Gasteiger charge is -2.27. The topological polar surface area (TPSA) is 67.9 Å². The minimum absolute atomic E-state index is 0.172. The molecule has 2 aromatic carbocycles. The number of nitrogens with zero attached hydrogens (tertiary/aromatic N) is 1. The van der Waals surface area contributed by atoms with Crippen LogP contribution in [0.1, 0.15) is 6.92 Å². The molecule has 7 heteroatoms. The van der Waals surface area contributed by atoms with E-state index < -0.39 is 10.0 Å². The van der Waals surface area contributed by atoms with E-state index in [-0.39, 0.29) is 4.90 Å². The highest BCUT2D eigenvalue weighted by Crippen LogP contribution is 2.33. The molecule has 128 valence electrons. The average molecular weight is 348 g/mol. The number of hydrogen-bond acceptors (Lipinski definition) is 5. The number of sulfonamides is 1. The number of benzene rings is 2. The summed E-state index contributed by atoms with van der Waals surface area (Å²) >= 11 is 0. The Bertz CT molecular complexity index is 819. The van der Waals surface area contributed by atoms with Crippen LogP contribution < -0.4 is 19.1 Å². The highest BCUT2D eigenvalue weighted by Gasteiger charge is 2.20. The normalized spacial score (nSPS) is 13.8. The van der Waals surface area contributed by atoms with Gasteiger partial charge in [0.1, 0.15) is 18.1 Å². The van der Waals surface area contributed by atoms with E-state index in [1.807, 2.05) is 18.9 Å². The van der Waals surface area contributed by atoms with Gasteiger partial charge in [0, 0.05) is 18.8 Å². The van der Waals surface area contributed by atoms with Crippen LogP contribution in [0.25, 0.3) is 0 Å². The van der Waals surface area contributed by atoms with Gasteiger partial charge >= 0.3 is 0 Å². The van der Waals surface area contributed by atoms with Gasteiger partial charge in [0.05, 0.1) is 23.7 Å². The number of fused-ring (bicyclic) bond motifs is 1. The molecule has 1 N–H and O–H groups in total. The molecule has 0 saturated carbocycles. The van der Waals surface area contributed by atoms with Crippen molar-refractivity contribution < 1.29 is 17.9 Å². The second-order valence-electron chi connectivity index (χ2n) is 5.46. The molecule has 0 atom stereocenters. The minimum atomic E-state index is -3.68. The molecule has 1 heterocycles. The van der Waals surface area contributed by atoms with E-state index in [0.717, 1.165) is 12.2 Å². The molecule has 0 radical (unpaired) electrons. The highest BCUT2D eigenvalue weighted by atomic mass is 32.2. The number of rotatable bonds is 5. The molecule has 2 aromatic rings. The Morgan fingerprint density at radius 2 is 1.96 bits per heavy atom. The summed E-state index contributed by atoms with van der Waals surface area (Å²) in [5.41, 5.74) is 1.37. The first-order chi connectivity index (χ1) is 11.5. The van der Waals surface area contributed by atoms with Gasteiger partial charge in [-0.05, 0) is 43.3 Å². The van der Waals surface area contributed by atoms with Gasteiger partial charge in [-0.15, -0.1) is 0 Å². The number of hydrogen-bond donors (Lipinski definition) is 1. The predicted molar refractivity (Wildman–Crippen MR) is 93.6 cm³/mol. The molecular formula is C17H20N2O4S. The summed E-state index contributed by atoms with van der Waals surface area (Å²) in [6, 6.07) is 11.7. The van der Waals surface area contributed by atoms with Crippen LogP contribution in [0.15, 0.2) is 47.4 Å². The summed E-state index contributed by atoms with van der Waals surface area (Å²) in [5.74, 6) is 1.28. The molecule has 1 aliphatic heterocycles. The molecule has 0 aliphatic carbocycles. The first-order valence-corrected chi connectivity index (χ1v) is 9.21. The van der Waals surface area contributed by atoms with Crippen molar-refractivity contribution in [1.29, 1.82) is 0 Å². The fraction of sp³-hybridized carbons (Fsp3) is 0.294. The smallest absolute Gasteiger partial charge is 0.262 e. The summed E-state index contributed by atoms with van der Waals surface area (Å²) in [6.45, 7) is 3.78. The van der Waals surface area contributed by atoms with Gasteiger partial charge in [0.15, 0.2) is 0 Å². The van der Waals surface area contributed by atoms with Gasteiger partial charge in [0.2, 0.25) is 0 Å². The average Bonchev–Trinajstić information content (AvgIpc) is 2.57. The van der Waals surface area contributed by atoms with Crippen molar-refractivity contribution in [3.8, 4) is 11.5 Å². The maximum Gasteiger partial charge on any atom is 0.262 e. The van der Waals surface area contributed by atoms with Crippen LogP contribution in [0, 0.1) is 0 Å². The minimum Gasteiger partial charge on any atom is -0.494 e. The largest absolute Gasteiger partial charge is 0.494 e. The Hall–Kier alpha value is -2.41. The summed E-state index contributed by atoms with van der Waals surface area (Å²) in [4.78, 5) is 2.21. The zero-order valence-electron chi connectivity index (χ0n) is 13.7. The Morgan fingerprint density at radius 3 is 2.67 bits per heavy atom. The molecule has 0 unspecified atom stereocenters. The molecule has 1 aliphatic rings. The first kappa shape index (κ1) is 16.4. The van der Waals surface area contributed by atoms with Gasteiger partial charge in [0.25, 0.3) is 10.0 Å². The zero-order chi connectivity index (χ0) is 17.2. The van der Waals surface area contributed by atoms with Crippen molar-refractivity contribution in [2.75, 3.05) is 36.4 Å². The fourth-order valence-corrected chi connectivity index (χ4v) is 3.58.